The van der Waals surface area contributed by atoms with Gasteiger partial charge in [-0.25, -0.2) is 13.2 Å². The second kappa shape index (κ2) is 13.4. The Balaban J connectivity index is 1.06. The van der Waals surface area contributed by atoms with E-state index >= 15 is 0 Å². The Bertz CT molecular complexity index is 1310. The number of fused-ring (bicyclic) bond motifs is 1. The zero-order chi connectivity index (χ0) is 28.8. The first-order valence-electron chi connectivity index (χ1n) is 15.0. The molecule has 0 radical (unpaired) electrons. The van der Waals surface area contributed by atoms with Crippen LogP contribution in [0.25, 0.3) is 0 Å². The van der Waals surface area contributed by atoms with Crippen LogP contribution >= 0.6 is 0 Å². The molecule has 1 aromatic carbocycles. The first-order valence-corrected chi connectivity index (χ1v) is 16.4. The molecule has 2 fully saturated rings. The second-order valence-electron chi connectivity index (χ2n) is 11.6. The number of ether oxygens (including phenoxy) is 1. The maximum absolute atomic E-state index is 13.2. The zero-order valence-electron chi connectivity index (χ0n) is 23.5. The number of nitrogens with one attached hydrogen (secondary N) is 1. The van der Waals surface area contributed by atoms with Crippen molar-refractivity contribution in [1.82, 2.24) is 14.6 Å². The topological polar surface area (TPSA) is 126 Å². The van der Waals surface area contributed by atoms with Crippen molar-refractivity contribution in [2.24, 2.45) is 5.92 Å². The molecule has 2 atom stereocenters. The van der Waals surface area contributed by atoms with Crippen molar-refractivity contribution in [2.45, 2.75) is 100 Å². The highest BCUT2D eigenvalue weighted by atomic mass is 32.2. The van der Waals surface area contributed by atoms with Crippen LogP contribution < -0.4 is 5.32 Å². The summed E-state index contributed by atoms with van der Waals surface area (Å²) in [4.78, 5) is 30.1. The predicted octanol–water partition coefficient (Wildman–Crippen LogP) is 3.89. The van der Waals surface area contributed by atoms with Crippen LogP contribution in [0.15, 0.2) is 47.4 Å². The summed E-state index contributed by atoms with van der Waals surface area (Å²) in [6, 6.07) is 10.4. The third kappa shape index (κ3) is 7.34. The molecule has 2 aliphatic carbocycles. The Labute approximate surface area is 242 Å². The van der Waals surface area contributed by atoms with Crippen molar-refractivity contribution < 1.29 is 27.9 Å². The number of hydrogen-bond donors (Lipinski definition) is 2. The Morgan fingerprint density at radius 3 is 2.61 bits per heavy atom. The number of aryl methyl sites for hydroxylation is 3. The van der Waals surface area contributed by atoms with Crippen LogP contribution in [0.5, 0.6) is 0 Å². The number of aliphatic carboxylic acids is 1. The highest BCUT2D eigenvalue weighted by molar-refractivity contribution is 7.89. The molecular formula is C31H41N3O6S. The Morgan fingerprint density at radius 1 is 1.05 bits per heavy atom. The fraction of sp³-hybridized carbons (Fsp3) is 0.581. The molecule has 1 aliphatic heterocycles. The van der Waals surface area contributed by atoms with Crippen LogP contribution in [-0.2, 0) is 43.6 Å². The minimum Gasteiger partial charge on any atom is -0.480 e. The van der Waals surface area contributed by atoms with E-state index in [-0.39, 0.29) is 30.6 Å². The lowest BCUT2D eigenvalue weighted by molar-refractivity contribution is -0.143. The van der Waals surface area contributed by atoms with Crippen molar-refractivity contribution in [3.05, 3.63) is 59.4 Å². The van der Waals surface area contributed by atoms with Crippen LogP contribution in [0.4, 0.5) is 0 Å². The van der Waals surface area contributed by atoms with E-state index in [0.717, 1.165) is 38.5 Å². The number of carbonyl (C=O) groups is 2. The van der Waals surface area contributed by atoms with Crippen molar-refractivity contribution >= 4 is 21.9 Å². The highest BCUT2D eigenvalue weighted by Crippen LogP contribution is 2.34. The van der Waals surface area contributed by atoms with Gasteiger partial charge >= 0.3 is 5.97 Å². The van der Waals surface area contributed by atoms with Crippen LogP contribution in [0.1, 0.15) is 74.7 Å². The number of hydrogen-bond acceptors (Lipinski definition) is 6. The number of piperidine rings is 1. The minimum absolute atomic E-state index is 0.103. The number of benzene rings is 1. The number of rotatable bonds is 12. The highest BCUT2D eigenvalue weighted by Gasteiger charge is 2.39. The number of nitrogens with zero attached hydrogens (tertiary/aromatic N) is 2. The summed E-state index contributed by atoms with van der Waals surface area (Å²) < 4.78 is 33.6. The number of carbonyl (C=O) groups excluding carboxylic acids is 1. The van der Waals surface area contributed by atoms with Gasteiger partial charge in [0.05, 0.1) is 11.0 Å². The molecule has 2 aromatic rings. The predicted molar refractivity (Wildman–Crippen MR) is 154 cm³/mol. The fourth-order valence-electron chi connectivity index (χ4n) is 6.23. The molecule has 9 nitrogen and oxygen atoms in total. The number of pyridine rings is 1. The van der Waals surface area contributed by atoms with Gasteiger partial charge in [-0.05, 0) is 93.9 Å². The van der Waals surface area contributed by atoms with Crippen molar-refractivity contribution in [1.29, 1.82) is 0 Å². The third-order valence-corrected chi connectivity index (χ3v) is 10.6. The molecule has 1 amide bonds. The molecule has 3 aliphatic rings. The quantitative estimate of drug-likeness (QED) is 0.388. The van der Waals surface area contributed by atoms with Crippen molar-refractivity contribution in [3.8, 4) is 0 Å². The maximum atomic E-state index is 13.2. The van der Waals surface area contributed by atoms with Crippen molar-refractivity contribution in [3.63, 3.8) is 0 Å². The molecule has 1 saturated heterocycles. The molecule has 5 rings (SSSR count). The first-order chi connectivity index (χ1) is 19.8. The smallest absolute Gasteiger partial charge is 0.326 e. The molecule has 1 saturated carbocycles. The summed E-state index contributed by atoms with van der Waals surface area (Å²) in [5.74, 6) is -1.15. The summed E-state index contributed by atoms with van der Waals surface area (Å²) in [5, 5.41) is 12.3. The molecule has 10 heteroatoms. The summed E-state index contributed by atoms with van der Waals surface area (Å²) in [5.41, 5.74) is 3.85. The van der Waals surface area contributed by atoms with Gasteiger partial charge in [0, 0.05) is 31.0 Å². The molecule has 0 spiro atoms. The van der Waals surface area contributed by atoms with Gasteiger partial charge in [0.1, 0.15) is 12.1 Å². The average Bonchev–Trinajstić information content (AvgIpc) is 2.97. The maximum Gasteiger partial charge on any atom is 0.326 e. The van der Waals surface area contributed by atoms with E-state index in [9.17, 15) is 23.1 Å². The summed E-state index contributed by atoms with van der Waals surface area (Å²) in [6.07, 6.45) is 10.6. The van der Waals surface area contributed by atoms with Gasteiger partial charge in [-0.3, -0.25) is 9.78 Å². The zero-order valence-corrected chi connectivity index (χ0v) is 24.4. The van der Waals surface area contributed by atoms with Gasteiger partial charge in [0.15, 0.2) is 0 Å². The normalized spacial score (nSPS) is 23.7. The molecule has 2 heterocycles. The second-order valence-corrected chi connectivity index (χ2v) is 13.5. The number of carboxylic acid groups (broad SMARTS) is 1. The lowest BCUT2D eigenvalue weighted by Crippen LogP contribution is -2.55. The van der Waals surface area contributed by atoms with Gasteiger partial charge in [-0.1, -0.05) is 30.7 Å². The van der Waals surface area contributed by atoms with E-state index in [1.807, 2.05) is 0 Å². The monoisotopic (exact) mass is 583 g/mol. The number of sulfonamides is 1. The molecule has 0 bridgehead atoms. The largest absolute Gasteiger partial charge is 0.480 e. The van der Waals surface area contributed by atoms with Gasteiger partial charge < -0.3 is 15.2 Å². The lowest BCUT2D eigenvalue weighted by Gasteiger charge is -2.36. The van der Waals surface area contributed by atoms with Crippen LogP contribution in [-0.4, -0.2) is 66.0 Å². The summed E-state index contributed by atoms with van der Waals surface area (Å²) in [7, 11) is -3.87. The lowest BCUT2D eigenvalue weighted by atomic mass is 9.79. The van der Waals surface area contributed by atoms with Crippen LogP contribution in [0.3, 0.4) is 0 Å². The van der Waals surface area contributed by atoms with E-state index in [1.54, 1.807) is 18.2 Å². The van der Waals surface area contributed by atoms with Crippen molar-refractivity contribution in [2.75, 3.05) is 13.2 Å². The Kier molecular flexibility index (Phi) is 9.72. The molecule has 41 heavy (non-hydrogen) atoms. The van der Waals surface area contributed by atoms with Gasteiger partial charge in [0.2, 0.25) is 15.9 Å². The molecule has 222 valence electrons. The minimum atomic E-state index is -3.87. The van der Waals surface area contributed by atoms with Gasteiger partial charge in [-0.15, -0.1) is 0 Å². The molecule has 1 aromatic heterocycles. The number of carboxylic acids is 1. The molecular weight excluding hydrogens is 542 g/mol. The number of amides is 1. The number of aromatic nitrogens is 1. The van der Waals surface area contributed by atoms with Crippen LogP contribution in [0, 0.1) is 5.92 Å². The molecule has 2 N–H and O–H groups in total. The van der Waals surface area contributed by atoms with E-state index in [0.29, 0.717) is 25.2 Å². The summed E-state index contributed by atoms with van der Waals surface area (Å²) in [6.45, 7) is 0.444. The standard InChI is InChI=1S/C31H41N3O6S/c35-30(29-12-6-7-18-34(29)41(38,39)26-9-2-1-3-10-26)33-28(31(36)37)17-19-40-25-20-22(21-25)13-15-24-16-14-23-8-4-5-11-27(23)32-24/h1-3,9-10,14,16,22,25,28-29H,4-8,11-13,15,17-21H2,(H,33,35)(H,36,37)/t22?,25?,28-,29-/m0/s1. The third-order valence-electron chi connectivity index (χ3n) is 8.72. The van der Waals surface area contributed by atoms with E-state index in [2.05, 4.69) is 17.4 Å². The van der Waals surface area contributed by atoms with Crippen LogP contribution in [0.2, 0.25) is 0 Å². The van der Waals surface area contributed by atoms with Gasteiger partial charge in [0.25, 0.3) is 0 Å². The SMILES string of the molecule is O=C(O)[C@H](CCOC1CC(CCc2ccc3c(n2)CCCC3)C1)NC(=O)[C@@H]1CCCCN1S(=O)(=O)c1ccccc1. The fourth-order valence-corrected chi connectivity index (χ4v) is 7.90. The van der Waals surface area contributed by atoms with E-state index in [4.69, 9.17) is 9.72 Å². The average molecular weight is 584 g/mol. The Hall–Kier alpha value is -2.82. The van der Waals surface area contributed by atoms with E-state index in [1.165, 1.54) is 46.2 Å². The molecule has 0 unspecified atom stereocenters. The summed E-state index contributed by atoms with van der Waals surface area (Å²) >= 11 is 0. The van der Waals surface area contributed by atoms with E-state index < -0.39 is 34.0 Å². The first kappa shape index (κ1) is 29.7. The van der Waals surface area contributed by atoms with Gasteiger partial charge in [-0.2, -0.15) is 4.31 Å². The Morgan fingerprint density at radius 2 is 1.83 bits per heavy atom.